The minimum atomic E-state index is -3.59. The Kier molecular flexibility index (Phi) is 7.28. The molecule has 7 heteroatoms. The second-order valence-corrected chi connectivity index (χ2v) is 9.71. The molecular weight excluding hydrogens is 362 g/mol. The summed E-state index contributed by atoms with van der Waals surface area (Å²) in [5.74, 6) is 0.371. The number of rotatable bonds is 7. The number of aryl methyl sites for hydroxylation is 2. The van der Waals surface area contributed by atoms with Gasteiger partial charge in [-0.25, -0.2) is 8.42 Å². The molecule has 27 heavy (non-hydrogen) atoms. The quantitative estimate of drug-likeness (QED) is 0.769. The van der Waals surface area contributed by atoms with E-state index < -0.39 is 16.1 Å². The number of hydrogen-bond acceptors (Lipinski definition) is 4. The molecule has 1 N–H and O–H groups in total. The molecule has 6 nitrogen and oxygen atoms in total. The number of likely N-dealkylation sites (tertiary alicyclic amines) is 1. The van der Waals surface area contributed by atoms with Gasteiger partial charge in [0.15, 0.2) is 0 Å². The zero-order chi connectivity index (χ0) is 20.2. The highest BCUT2D eigenvalue weighted by atomic mass is 32.2. The van der Waals surface area contributed by atoms with Crippen LogP contribution >= 0.6 is 0 Å². The average molecular weight is 396 g/mol. The second-order valence-electron chi connectivity index (χ2n) is 7.85. The zero-order valence-electron chi connectivity index (χ0n) is 17.2. The highest BCUT2D eigenvalue weighted by Crippen LogP contribution is 2.26. The van der Waals surface area contributed by atoms with Crippen molar-refractivity contribution in [2.24, 2.45) is 5.92 Å². The fourth-order valence-electron chi connectivity index (χ4n) is 3.64. The largest absolute Gasteiger partial charge is 0.354 e. The van der Waals surface area contributed by atoms with Crippen LogP contribution in [0.3, 0.4) is 0 Å². The standard InChI is InChI=1S/C20H33N3O3S/c1-15-6-7-16(2)19(14-15)23(27(5,25)26)17(3)20(24)21-11-8-18-9-12-22(4)13-10-18/h6-7,14,17-18H,8-13H2,1-5H3,(H,21,24). The molecule has 0 bridgehead atoms. The van der Waals surface area contributed by atoms with Crippen LogP contribution in [0.4, 0.5) is 5.69 Å². The SMILES string of the molecule is Cc1ccc(C)c(N(C(C)C(=O)NCCC2CCN(C)CC2)S(C)(=O)=O)c1. The monoisotopic (exact) mass is 395 g/mol. The number of anilines is 1. The van der Waals surface area contributed by atoms with E-state index in [2.05, 4.69) is 17.3 Å². The topological polar surface area (TPSA) is 69.7 Å². The molecule has 0 saturated carbocycles. The first-order valence-electron chi connectivity index (χ1n) is 9.62. The fraction of sp³-hybridized carbons (Fsp3) is 0.650. The Bertz CT molecular complexity index is 756. The molecule has 2 rings (SSSR count). The second kappa shape index (κ2) is 9.06. The first-order chi connectivity index (χ1) is 12.6. The zero-order valence-corrected chi connectivity index (χ0v) is 18.0. The summed E-state index contributed by atoms with van der Waals surface area (Å²) >= 11 is 0. The van der Waals surface area contributed by atoms with Gasteiger partial charge in [0.2, 0.25) is 15.9 Å². The lowest BCUT2D eigenvalue weighted by Crippen LogP contribution is -2.48. The van der Waals surface area contributed by atoms with Gasteiger partial charge in [-0.1, -0.05) is 12.1 Å². The summed E-state index contributed by atoms with van der Waals surface area (Å²) in [4.78, 5) is 15.0. The Hall–Kier alpha value is -1.60. The van der Waals surface area contributed by atoms with Crippen molar-refractivity contribution in [3.05, 3.63) is 29.3 Å². The van der Waals surface area contributed by atoms with Crippen molar-refractivity contribution >= 4 is 21.6 Å². The first kappa shape index (κ1) is 21.7. The van der Waals surface area contributed by atoms with Crippen LogP contribution in [0.15, 0.2) is 18.2 Å². The number of hydrogen-bond donors (Lipinski definition) is 1. The number of carbonyl (C=O) groups is 1. The summed E-state index contributed by atoms with van der Waals surface area (Å²) in [6, 6.07) is 4.84. The lowest BCUT2D eigenvalue weighted by Gasteiger charge is -2.31. The number of nitrogens with one attached hydrogen (secondary N) is 1. The Balaban J connectivity index is 2.03. The maximum atomic E-state index is 12.7. The molecule has 1 aliphatic rings. The number of carbonyl (C=O) groups excluding carboxylic acids is 1. The number of amides is 1. The van der Waals surface area contributed by atoms with Gasteiger partial charge in [-0.2, -0.15) is 0 Å². The number of sulfonamides is 1. The third kappa shape index (κ3) is 5.94. The van der Waals surface area contributed by atoms with Crippen LogP contribution in [0.5, 0.6) is 0 Å². The van der Waals surface area contributed by atoms with Crippen molar-refractivity contribution in [1.29, 1.82) is 0 Å². The molecule has 0 spiro atoms. The van der Waals surface area contributed by atoms with E-state index >= 15 is 0 Å². The Morgan fingerprint density at radius 3 is 2.52 bits per heavy atom. The van der Waals surface area contributed by atoms with E-state index in [1.165, 1.54) is 4.31 Å². The predicted octanol–water partition coefficient (Wildman–Crippen LogP) is 2.31. The van der Waals surface area contributed by atoms with Crippen LogP contribution in [0.25, 0.3) is 0 Å². The highest BCUT2D eigenvalue weighted by molar-refractivity contribution is 7.92. The summed E-state index contributed by atoms with van der Waals surface area (Å²) in [5.41, 5.74) is 2.35. The smallest absolute Gasteiger partial charge is 0.243 e. The van der Waals surface area contributed by atoms with Crippen LogP contribution in [0.1, 0.15) is 37.3 Å². The van der Waals surface area contributed by atoms with Crippen LogP contribution in [-0.4, -0.2) is 58.2 Å². The molecule has 0 aliphatic carbocycles. The summed E-state index contributed by atoms with van der Waals surface area (Å²) in [6.07, 6.45) is 4.39. The van der Waals surface area contributed by atoms with Gasteiger partial charge in [0.1, 0.15) is 6.04 Å². The van der Waals surface area contributed by atoms with Gasteiger partial charge in [-0.15, -0.1) is 0 Å². The molecule has 1 atom stereocenters. The molecule has 1 amide bonds. The van der Waals surface area contributed by atoms with Crippen LogP contribution in [0.2, 0.25) is 0 Å². The normalized spacial score (nSPS) is 17.5. The molecular formula is C20H33N3O3S. The van der Waals surface area contributed by atoms with E-state index in [0.29, 0.717) is 18.2 Å². The van der Waals surface area contributed by atoms with Crippen molar-refractivity contribution in [2.45, 2.75) is 46.1 Å². The molecule has 1 fully saturated rings. The van der Waals surface area contributed by atoms with Crippen LogP contribution in [-0.2, 0) is 14.8 Å². The van der Waals surface area contributed by atoms with Gasteiger partial charge in [-0.3, -0.25) is 9.10 Å². The van der Waals surface area contributed by atoms with Crippen molar-refractivity contribution in [3.8, 4) is 0 Å². The molecule has 1 aromatic rings. The third-order valence-electron chi connectivity index (χ3n) is 5.38. The van der Waals surface area contributed by atoms with Crippen LogP contribution < -0.4 is 9.62 Å². The molecule has 152 valence electrons. The van der Waals surface area contributed by atoms with Gasteiger partial charge in [0.05, 0.1) is 11.9 Å². The fourth-order valence-corrected chi connectivity index (χ4v) is 4.86. The minimum absolute atomic E-state index is 0.255. The van der Waals surface area contributed by atoms with Gasteiger partial charge in [-0.05, 0) is 83.3 Å². The Labute approximate surface area is 164 Å². The summed E-state index contributed by atoms with van der Waals surface area (Å²) in [6.45, 7) is 8.20. The van der Waals surface area contributed by atoms with E-state index in [0.717, 1.165) is 49.7 Å². The van der Waals surface area contributed by atoms with E-state index in [4.69, 9.17) is 0 Å². The third-order valence-corrected chi connectivity index (χ3v) is 6.61. The van der Waals surface area contributed by atoms with Gasteiger partial charge in [0.25, 0.3) is 0 Å². The van der Waals surface area contributed by atoms with Crippen molar-refractivity contribution in [1.82, 2.24) is 10.2 Å². The molecule has 1 aromatic carbocycles. The van der Waals surface area contributed by atoms with Gasteiger partial charge < -0.3 is 10.2 Å². The molecule has 1 saturated heterocycles. The van der Waals surface area contributed by atoms with Crippen LogP contribution in [0, 0.1) is 19.8 Å². The molecule has 0 radical (unpaired) electrons. The molecule has 1 unspecified atom stereocenters. The Morgan fingerprint density at radius 1 is 1.30 bits per heavy atom. The summed E-state index contributed by atoms with van der Waals surface area (Å²) in [7, 11) is -1.45. The van der Waals surface area contributed by atoms with E-state index in [-0.39, 0.29) is 5.91 Å². The predicted molar refractivity (Wildman–Crippen MR) is 111 cm³/mol. The van der Waals surface area contributed by atoms with E-state index in [1.54, 1.807) is 6.92 Å². The minimum Gasteiger partial charge on any atom is -0.354 e. The number of benzene rings is 1. The average Bonchev–Trinajstić information content (AvgIpc) is 2.58. The maximum Gasteiger partial charge on any atom is 0.243 e. The highest BCUT2D eigenvalue weighted by Gasteiger charge is 2.30. The summed E-state index contributed by atoms with van der Waals surface area (Å²) in [5, 5.41) is 2.94. The van der Waals surface area contributed by atoms with Crippen molar-refractivity contribution in [3.63, 3.8) is 0 Å². The molecule has 1 heterocycles. The lowest BCUT2D eigenvalue weighted by molar-refractivity contribution is -0.121. The lowest BCUT2D eigenvalue weighted by atomic mass is 9.94. The maximum absolute atomic E-state index is 12.7. The van der Waals surface area contributed by atoms with Gasteiger partial charge >= 0.3 is 0 Å². The van der Waals surface area contributed by atoms with Crippen molar-refractivity contribution in [2.75, 3.05) is 37.2 Å². The Morgan fingerprint density at radius 2 is 1.93 bits per heavy atom. The molecule has 1 aliphatic heterocycles. The summed E-state index contributed by atoms with van der Waals surface area (Å²) < 4.78 is 26.1. The van der Waals surface area contributed by atoms with E-state index in [1.807, 2.05) is 32.0 Å². The first-order valence-corrected chi connectivity index (χ1v) is 11.5. The number of piperidine rings is 1. The van der Waals surface area contributed by atoms with E-state index in [9.17, 15) is 13.2 Å². The number of nitrogens with zero attached hydrogens (tertiary/aromatic N) is 2. The van der Waals surface area contributed by atoms with Gasteiger partial charge in [0, 0.05) is 6.54 Å². The van der Waals surface area contributed by atoms with Crippen molar-refractivity contribution < 1.29 is 13.2 Å². The molecule has 0 aromatic heterocycles.